The van der Waals surface area contributed by atoms with Gasteiger partial charge in [-0.2, -0.15) is 0 Å². The van der Waals surface area contributed by atoms with Gasteiger partial charge < -0.3 is 19.9 Å². The van der Waals surface area contributed by atoms with Gasteiger partial charge in [0.05, 0.1) is 5.57 Å². The number of carboxylic acids is 1. The van der Waals surface area contributed by atoms with Crippen molar-refractivity contribution in [3.63, 3.8) is 0 Å². The highest BCUT2D eigenvalue weighted by Crippen LogP contribution is 2.29. The molecule has 22 heavy (non-hydrogen) atoms. The van der Waals surface area contributed by atoms with Gasteiger partial charge >= 0.3 is 5.97 Å². The van der Waals surface area contributed by atoms with E-state index < -0.39 is 17.9 Å². The zero-order chi connectivity index (χ0) is 16.1. The van der Waals surface area contributed by atoms with Crippen LogP contribution in [0.1, 0.15) is 12.0 Å². The number of aliphatic carboxylic acids is 1. The number of fused-ring (bicyclic) bond motifs is 1. The summed E-state index contributed by atoms with van der Waals surface area (Å²) in [6.45, 7) is 0.361. The highest BCUT2D eigenvalue weighted by molar-refractivity contribution is 9.10. The molecule has 1 heterocycles. The van der Waals surface area contributed by atoms with Gasteiger partial charge in [-0.1, -0.05) is 15.9 Å². The number of rotatable bonds is 6. The van der Waals surface area contributed by atoms with Crippen LogP contribution in [-0.2, 0) is 14.3 Å². The lowest BCUT2D eigenvalue weighted by Crippen LogP contribution is -2.43. The molecule has 1 aromatic carbocycles. The summed E-state index contributed by atoms with van der Waals surface area (Å²) in [6, 6.07) is 4.50. The summed E-state index contributed by atoms with van der Waals surface area (Å²) >= 11 is 3.36. The van der Waals surface area contributed by atoms with Crippen LogP contribution in [0.3, 0.4) is 0 Å². The first kappa shape index (κ1) is 16.5. The van der Waals surface area contributed by atoms with E-state index in [2.05, 4.69) is 21.2 Å². The van der Waals surface area contributed by atoms with E-state index in [1.54, 1.807) is 6.08 Å². The van der Waals surface area contributed by atoms with Crippen LogP contribution >= 0.6 is 15.9 Å². The molecule has 1 amide bonds. The normalized spacial score (nSPS) is 14.4. The maximum atomic E-state index is 12.2. The van der Waals surface area contributed by atoms with Crippen LogP contribution in [-0.4, -0.2) is 43.3 Å². The van der Waals surface area contributed by atoms with Gasteiger partial charge in [0, 0.05) is 30.2 Å². The Morgan fingerprint density at radius 3 is 2.95 bits per heavy atom. The van der Waals surface area contributed by atoms with Gasteiger partial charge in [-0.3, -0.25) is 4.79 Å². The van der Waals surface area contributed by atoms with E-state index in [1.807, 2.05) is 18.2 Å². The minimum absolute atomic E-state index is 0.108. The first-order valence-electron chi connectivity index (χ1n) is 6.67. The molecule has 0 saturated carbocycles. The van der Waals surface area contributed by atoms with Crippen molar-refractivity contribution in [3.05, 3.63) is 33.8 Å². The molecule has 1 aliphatic rings. The standard InChI is InChI=1S/C15H16BrNO5/c1-21-5-4-12(15(19)20)17-14(18)10-6-9-7-11(16)2-3-13(9)22-8-10/h2-3,6-7,12H,4-5,8H2,1H3,(H,17,18)(H,19,20). The summed E-state index contributed by atoms with van der Waals surface area (Å²) in [5.41, 5.74) is 1.16. The zero-order valence-corrected chi connectivity index (χ0v) is 13.6. The molecule has 0 radical (unpaired) electrons. The fourth-order valence-electron chi connectivity index (χ4n) is 2.02. The Morgan fingerprint density at radius 2 is 2.27 bits per heavy atom. The largest absolute Gasteiger partial charge is 0.488 e. The molecule has 0 bridgehead atoms. The van der Waals surface area contributed by atoms with Crippen LogP contribution < -0.4 is 10.1 Å². The monoisotopic (exact) mass is 369 g/mol. The van der Waals surface area contributed by atoms with E-state index in [9.17, 15) is 9.59 Å². The minimum Gasteiger partial charge on any atom is -0.488 e. The molecule has 1 atom stereocenters. The molecular formula is C15H16BrNO5. The molecule has 0 saturated heterocycles. The van der Waals surface area contributed by atoms with E-state index in [1.165, 1.54) is 7.11 Å². The number of methoxy groups -OCH3 is 1. The van der Waals surface area contributed by atoms with Crippen molar-refractivity contribution in [2.24, 2.45) is 0 Å². The second kappa shape index (κ2) is 7.42. The van der Waals surface area contributed by atoms with Crippen LogP contribution in [0, 0.1) is 0 Å². The predicted molar refractivity (Wildman–Crippen MR) is 83.7 cm³/mol. The summed E-state index contributed by atoms with van der Waals surface area (Å²) in [5.74, 6) is -0.853. The number of carbonyl (C=O) groups excluding carboxylic acids is 1. The summed E-state index contributed by atoms with van der Waals surface area (Å²) in [6.07, 6.45) is 1.90. The van der Waals surface area contributed by atoms with Crippen LogP contribution in [0.5, 0.6) is 5.75 Å². The van der Waals surface area contributed by atoms with Crippen LogP contribution in [0.15, 0.2) is 28.2 Å². The maximum Gasteiger partial charge on any atom is 0.326 e. The number of nitrogens with one attached hydrogen (secondary N) is 1. The number of benzene rings is 1. The Labute approximate surface area is 136 Å². The Hall–Kier alpha value is -1.86. The van der Waals surface area contributed by atoms with Gasteiger partial charge in [0.1, 0.15) is 18.4 Å². The fourth-order valence-corrected chi connectivity index (χ4v) is 2.40. The van der Waals surface area contributed by atoms with Gasteiger partial charge in [-0.15, -0.1) is 0 Å². The molecule has 0 spiro atoms. The Bertz CT molecular complexity index is 614. The first-order chi connectivity index (χ1) is 10.5. The van der Waals surface area contributed by atoms with E-state index >= 15 is 0 Å². The van der Waals surface area contributed by atoms with Crippen molar-refractivity contribution in [2.45, 2.75) is 12.5 Å². The smallest absolute Gasteiger partial charge is 0.326 e. The summed E-state index contributed by atoms with van der Waals surface area (Å²) < 4.78 is 11.2. The summed E-state index contributed by atoms with van der Waals surface area (Å²) in [7, 11) is 1.48. The number of hydrogen-bond donors (Lipinski definition) is 2. The van der Waals surface area contributed by atoms with Crippen molar-refractivity contribution in [1.29, 1.82) is 0 Å². The van der Waals surface area contributed by atoms with Crippen molar-refractivity contribution in [3.8, 4) is 5.75 Å². The number of carbonyl (C=O) groups is 2. The lowest BCUT2D eigenvalue weighted by molar-refractivity contribution is -0.141. The van der Waals surface area contributed by atoms with Gasteiger partial charge in [0.15, 0.2) is 0 Å². The predicted octanol–water partition coefficient (Wildman–Crippen LogP) is 1.83. The molecule has 0 aliphatic carbocycles. The van der Waals surface area contributed by atoms with Gasteiger partial charge in [-0.05, 0) is 24.3 Å². The Morgan fingerprint density at radius 1 is 1.50 bits per heavy atom. The second-order valence-electron chi connectivity index (χ2n) is 4.79. The van der Waals surface area contributed by atoms with E-state index in [-0.39, 0.29) is 19.6 Å². The quantitative estimate of drug-likeness (QED) is 0.798. The summed E-state index contributed by atoms with van der Waals surface area (Å²) in [5, 5.41) is 11.6. The molecular weight excluding hydrogens is 354 g/mol. The van der Waals surface area contributed by atoms with Crippen LogP contribution in [0.2, 0.25) is 0 Å². The van der Waals surface area contributed by atoms with Gasteiger partial charge in [0.2, 0.25) is 0 Å². The Balaban J connectivity index is 2.11. The molecule has 1 aromatic rings. The number of ether oxygens (including phenoxy) is 2. The SMILES string of the molecule is COCCC(NC(=O)C1=Cc2cc(Br)ccc2OC1)C(=O)O. The molecule has 2 N–H and O–H groups in total. The molecule has 2 rings (SSSR count). The molecule has 6 nitrogen and oxygen atoms in total. The van der Waals surface area contributed by atoms with E-state index in [0.717, 1.165) is 10.0 Å². The topological polar surface area (TPSA) is 84.9 Å². The van der Waals surface area contributed by atoms with Crippen molar-refractivity contribution in [2.75, 3.05) is 20.3 Å². The minimum atomic E-state index is -1.09. The van der Waals surface area contributed by atoms with E-state index in [0.29, 0.717) is 11.3 Å². The van der Waals surface area contributed by atoms with Crippen molar-refractivity contribution in [1.82, 2.24) is 5.32 Å². The fraction of sp³-hybridized carbons (Fsp3) is 0.333. The third-order valence-electron chi connectivity index (χ3n) is 3.19. The highest BCUT2D eigenvalue weighted by atomic mass is 79.9. The molecule has 0 aromatic heterocycles. The molecule has 0 fully saturated rings. The third-order valence-corrected chi connectivity index (χ3v) is 3.68. The number of carboxylic acid groups (broad SMARTS) is 1. The van der Waals surface area contributed by atoms with Crippen molar-refractivity contribution < 1.29 is 24.2 Å². The van der Waals surface area contributed by atoms with E-state index in [4.69, 9.17) is 14.6 Å². The average Bonchev–Trinajstić information content (AvgIpc) is 2.50. The lowest BCUT2D eigenvalue weighted by Gasteiger charge is -2.20. The van der Waals surface area contributed by atoms with Gasteiger partial charge in [0.25, 0.3) is 5.91 Å². The lowest BCUT2D eigenvalue weighted by atomic mass is 10.1. The van der Waals surface area contributed by atoms with Crippen molar-refractivity contribution >= 4 is 33.9 Å². The average molecular weight is 370 g/mol. The van der Waals surface area contributed by atoms with Crippen LogP contribution in [0.4, 0.5) is 0 Å². The van der Waals surface area contributed by atoms with Gasteiger partial charge in [-0.25, -0.2) is 4.79 Å². The third kappa shape index (κ3) is 4.08. The second-order valence-corrected chi connectivity index (χ2v) is 5.70. The maximum absolute atomic E-state index is 12.2. The van der Waals surface area contributed by atoms with Crippen LogP contribution in [0.25, 0.3) is 6.08 Å². The highest BCUT2D eigenvalue weighted by Gasteiger charge is 2.23. The number of hydrogen-bond acceptors (Lipinski definition) is 4. The first-order valence-corrected chi connectivity index (χ1v) is 7.46. The number of amides is 1. The summed E-state index contributed by atoms with van der Waals surface area (Å²) in [4.78, 5) is 23.3. The molecule has 7 heteroatoms. The zero-order valence-electron chi connectivity index (χ0n) is 12.0. The molecule has 118 valence electrons. The molecule has 1 unspecified atom stereocenters. The molecule has 1 aliphatic heterocycles. The Kier molecular flexibility index (Phi) is 5.57. The number of halogens is 1.